The topological polar surface area (TPSA) is 45.3 Å². The Hall–Kier alpha value is -2.14. The fraction of sp³-hybridized carbons (Fsp3) is 0.389. The molecule has 122 valence electrons. The summed E-state index contributed by atoms with van der Waals surface area (Å²) in [7, 11) is 0. The summed E-state index contributed by atoms with van der Waals surface area (Å²) in [6.45, 7) is 6.68. The predicted octanol–water partition coefficient (Wildman–Crippen LogP) is 3.90. The zero-order chi connectivity index (χ0) is 16.6. The average molecular weight is 316 g/mol. The van der Waals surface area contributed by atoms with Gasteiger partial charge in [-0.2, -0.15) is 0 Å². The van der Waals surface area contributed by atoms with E-state index in [9.17, 15) is 9.18 Å². The molecule has 2 aromatic rings. The fourth-order valence-electron chi connectivity index (χ4n) is 2.59. The number of H-pyrrole nitrogens is 1. The molecular weight excluding hydrogens is 295 g/mol. The lowest BCUT2D eigenvalue weighted by Crippen LogP contribution is -2.35. The Morgan fingerprint density at radius 1 is 1.35 bits per heavy atom. The van der Waals surface area contributed by atoms with Crippen LogP contribution in [0.5, 0.6) is 0 Å². The number of aromatic nitrogens is 1. The van der Waals surface area contributed by atoms with E-state index in [1.165, 1.54) is 6.07 Å². The highest BCUT2D eigenvalue weighted by atomic mass is 19.1. The summed E-state index contributed by atoms with van der Waals surface area (Å²) in [6.07, 6.45) is 4.70. The molecule has 1 aliphatic heterocycles. The van der Waals surface area contributed by atoms with Gasteiger partial charge in [-0.05, 0) is 51.0 Å². The van der Waals surface area contributed by atoms with Crippen LogP contribution in [-0.2, 0) is 9.63 Å². The number of halogens is 1. The smallest absolute Gasteiger partial charge is 0.330 e. The summed E-state index contributed by atoms with van der Waals surface area (Å²) < 4.78 is 13.5. The predicted molar refractivity (Wildman–Crippen MR) is 88.0 cm³/mol. The standard InChI is InChI=1S/C18H21FN2O2/c1-18(2,3)17(22)23-21-8-6-12(7-9-21)15-11-20-16-5-4-13(19)10-14(15)16/h4-6,10-11,20H,7-9H2,1-3H3. The van der Waals surface area contributed by atoms with Crippen molar-refractivity contribution in [2.75, 3.05) is 13.1 Å². The van der Waals surface area contributed by atoms with Gasteiger partial charge in [0.2, 0.25) is 0 Å². The van der Waals surface area contributed by atoms with Crippen LogP contribution in [0.15, 0.2) is 30.5 Å². The van der Waals surface area contributed by atoms with Crippen molar-refractivity contribution in [3.05, 3.63) is 41.9 Å². The van der Waals surface area contributed by atoms with Gasteiger partial charge >= 0.3 is 5.97 Å². The summed E-state index contributed by atoms with van der Waals surface area (Å²) in [5.74, 6) is -0.473. The minimum atomic E-state index is -0.516. The molecule has 0 saturated heterocycles. The second-order valence-electron chi connectivity index (χ2n) is 6.89. The first-order valence-corrected chi connectivity index (χ1v) is 7.78. The van der Waals surface area contributed by atoms with Crippen LogP contribution >= 0.6 is 0 Å². The summed E-state index contributed by atoms with van der Waals surface area (Å²) in [5.41, 5.74) is 2.56. The fourth-order valence-corrected chi connectivity index (χ4v) is 2.59. The molecule has 0 saturated carbocycles. The van der Waals surface area contributed by atoms with Gasteiger partial charge in [-0.3, -0.25) is 0 Å². The molecule has 0 spiro atoms. The van der Waals surface area contributed by atoms with Crippen molar-refractivity contribution in [2.45, 2.75) is 27.2 Å². The molecule has 0 fully saturated rings. The third kappa shape index (κ3) is 3.29. The van der Waals surface area contributed by atoms with E-state index in [4.69, 9.17) is 4.84 Å². The van der Waals surface area contributed by atoms with E-state index in [2.05, 4.69) is 4.98 Å². The zero-order valence-corrected chi connectivity index (χ0v) is 13.6. The van der Waals surface area contributed by atoms with Crippen LogP contribution in [0.1, 0.15) is 32.8 Å². The molecule has 2 heterocycles. The van der Waals surface area contributed by atoms with E-state index in [1.54, 1.807) is 17.2 Å². The minimum Gasteiger partial charge on any atom is -0.367 e. The zero-order valence-electron chi connectivity index (χ0n) is 13.6. The third-order valence-electron chi connectivity index (χ3n) is 3.99. The van der Waals surface area contributed by atoms with E-state index in [1.807, 2.05) is 33.0 Å². The Labute approximate surface area is 134 Å². The van der Waals surface area contributed by atoms with Crippen LogP contribution in [0.3, 0.4) is 0 Å². The lowest BCUT2D eigenvalue weighted by molar-refractivity contribution is -0.198. The van der Waals surface area contributed by atoms with Crippen LogP contribution in [-0.4, -0.2) is 29.1 Å². The molecule has 1 aromatic carbocycles. The largest absolute Gasteiger partial charge is 0.367 e. The maximum absolute atomic E-state index is 13.5. The Morgan fingerprint density at radius 3 is 2.78 bits per heavy atom. The Morgan fingerprint density at radius 2 is 2.13 bits per heavy atom. The van der Waals surface area contributed by atoms with E-state index in [0.29, 0.717) is 13.1 Å². The van der Waals surface area contributed by atoms with Crippen LogP contribution in [0, 0.1) is 11.2 Å². The van der Waals surface area contributed by atoms with E-state index in [0.717, 1.165) is 28.5 Å². The normalized spacial score (nSPS) is 16.4. The molecule has 0 unspecified atom stereocenters. The number of nitrogens with one attached hydrogen (secondary N) is 1. The van der Waals surface area contributed by atoms with Crippen molar-refractivity contribution in [2.24, 2.45) is 5.41 Å². The van der Waals surface area contributed by atoms with Crippen LogP contribution < -0.4 is 0 Å². The first-order chi connectivity index (χ1) is 10.8. The molecule has 0 atom stereocenters. The van der Waals surface area contributed by atoms with Crippen molar-refractivity contribution in [3.8, 4) is 0 Å². The first-order valence-electron chi connectivity index (χ1n) is 7.78. The molecule has 23 heavy (non-hydrogen) atoms. The van der Waals surface area contributed by atoms with Crippen molar-refractivity contribution in [1.82, 2.24) is 10.0 Å². The van der Waals surface area contributed by atoms with Crippen LogP contribution in [0.25, 0.3) is 16.5 Å². The summed E-state index contributed by atoms with van der Waals surface area (Å²) >= 11 is 0. The van der Waals surface area contributed by atoms with E-state index < -0.39 is 5.41 Å². The maximum Gasteiger partial charge on any atom is 0.330 e. The highest BCUT2D eigenvalue weighted by molar-refractivity contribution is 5.92. The number of hydrogen-bond acceptors (Lipinski definition) is 3. The third-order valence-corrected chi connectivity index (χ3v) is 3.99. The highest BCUT2D eigenvalue weighted by Crippen LogP contribution is 2.30. The van der Waals surface area contributed by atoms with Gasteiger partial charge in [-0.25, -0.2) is 9.18 Å². The summed E-state index contributed by atoms with van der Waals surface area (Å²) in [6, 6.07) is 4.74. The van der Waals surface area contributed by atoms with Gasteiger partial charge in [0.25, 0.3) is 0 Å². The maximum atomic E-state index is 13.5. The molecule has 0 amide bonds. The number of rotatable bonds is 2. The molecule has 0 bridgehead atoms. The Balaban J connectivity index is 1.76. The Kier molecular flexibility index (Phi) is 3.98. The number of carbonyl (C=O) groups excluding carboxylic acids is 1. The Bertz CT molecular complexity index is 771. The van der Waals surface area contributed by atoms with E-state index in [-0.39, 0.29) is 11.8 Å². The average Bonchev–Trinajstić information content (AvgIpc) is 2.90. The first kappa shape index (κ1) is 15.7. The van der Waals surface area contributed by atoms with Gasteiger partial charge in [0.15, 0.2) is 0 Å². The number of benzene rings is 1. The van der Waals surface area contributed by atoms with Gasteiger partial charge in [0.05, 0.1) is 12.0 Å². The number of fused-ring (bicyclic) bond motifs is 1. The molecule has 0 radical (unpaired) electrons. The second kappa shape index (κ2) is 5.81. The summed E-state index contributed by atoms with van der Waals surface area (Å²) in [5, 5.41) is 2.56. The lowest BCUT2D eigenvalue weighted by Gasteiger charge is -2.27. The monoisotopic (exact) mass is 316 g/mol. The number of aromatic amines is 1. The summed E-state index contributed by atoms with van der Waals surface area (Å²) in [4.78, 5) is 20.5. The van der Waals surface area contributed by atoms with Gasteiger partial charge in [-0.15, -0.1) is 5.06 Å². The molecule has 5 heteroatoms. The second-order valence-corrected chi connectivity index (χ2v) is 6.89. The number of hydroxylamine groups is 2. The molecule has 1 aliphatic rings. The van der Waals surface area contributed by atoms with Crippen molar-refractivity contribution >= 4 is 22.4 Å². The lowest BCUT2D eigenvalue weighted by atomic mass is 9.97. The van der Waals surface area contributed by atoms with Crippen molar-refractivity contribution < 1.29 is 14.0 Å². The van der Waals surface area contributed by atoms with Crippen LogP contribution in [0.2, 0.25) is 0 Å². The molecule has 1 aromatic heterocycles. The molecule has 0 aliphatic carbocycles. The number of carbonyl (C=O) groups is 1. The van der Waals surface area contributed by atoms with Gasteiger partial charge < -0.3 is 9.82 Å². The van der Waals surface area contributed by atoms with Gasteiger partial charge in [0, 0.05) is 29.2 Å². The molecular formula is C18H21FN2O2. The van der Waals surface area contributed by atoms with Crippen molar-refractivity contribution in [3.63, 3.8) is 0 Å². The molecule has 3 rings (SSSR count). The minimum absolute atomic E-state index is 0.233. The highest BCUT2D eigenvalue weighted by Gasteiger charge is 2.27. The molecule has 1 N–H and O–H groups in total. The SMILES string of the molecule is CC(C)(C)C(=O)ON1CC=C(c2c[nH]c3ccc(F)cc23)CC1. The van der Waals surface area contributed by atoms with Crippen molar-refractivity contribution in [1.29, 1.82) is 0 Å². The van der Waals surface area contributed by atoms with Gasteiger partial charge in [0.1, 0.15) is 5.82 Å². The van der Waals surface area contributed by atoms with Crippen LogP contribution in [0.4, 0.5) is 4.39 Å². The quantitative estimate of drug-likeness (QED) is 0.914. The number of hydrogen-bond donors (Lipinski definition) is 1. The van der Waals surface area contributed by atoms with Gasteiger partial charge in [-0.1, -0.05) is 6.08 Å². The van der Waals surface area contributed by atoms with E-state index >= 15 is 0 Å². The number of nitrogens with zero attached hydrogens (tertiary/aromatic N) is 1. The molecule has 4 nitrogen and oxygen atoms in total.